The van der Waals surface area contributed by atoms with Gasteiger partial charge in [0.05, 0.1) is 19.1 Å². The zero-order valence-electron chi connectivity index (χ0n) is 11.7. The standard InChI is InChI=1S/C15H27NO2/c1-2-4-13-5-3-8-16(9-6-13)11-14-12-18-10-7-15(14)17/h13-14H,2-12H2,1H3. The second kappa shape index (κ2) is 7.25. The van der Waals surface area contributed by atoms with E-state index in [2.05, 4.69) is 11.8 Å². The minimum Gasteiger partial charge on any atom is -0.380 e. The number of carbonyl (C=O) groups excluding carboxylic acids is 1. The summed E-state index contributed by atoms with van der Waals surface area (Å²) in [5, 5.41) is 0. The predicted molar refractivity (Wildman–Crippen MR) is 72.6 cm³/mol. The summed E-state index contributed by atoms with van der Waals surface area (Å²) in [6.45, 7) is 6.83. The lowest BCUT2D eigenvalue weighted by molar-refractivity contribution is -0.131. The molecule has 0 aromatic carbocycles. The van der Waals surface area contributed by atoms with Crippen LogP contribution in [0.5, 0.6) is 0 Å². The van der Waals surface area contributed by atoms with Crippen LogP contribution >= 0.6 is 0 Å². The van der Waals surface area contributed by atoms with E-state index in [1.54, 1.807) is 0 Å². The molecule has 0 N–H and O–H groups in total. The van der Waals surface area contributed by atoms with Crippen molar-refractivity contribution in [2.45, 2.75) is 45.4 Å². The Kier molecular flexibility index (Phi) is 5.64. The Morgan fingerprint density at radius 3 is 3.00 bits per heavy atom. The molecule has 2 rings (SSSR count). The number of hydrogen-bond donors (Lipinski definition) is 0. The predicted octanol–water partition coefficient (Wildman–Crippen LogP) is 2.49. The van der Waals surface area contributed by atoms with Gasteiger partial charge in [-0.2, -0.15) is 0 Å². The summed E-state index contributed by atoms with van der Waals surface area (Å²) >= 11 is 0. The molecule has 0 saturated carbocycles. The summed E-state index contributed by atoms with van der Waals surface area (Å²) in [6, 6.07) is 0. The molecular weight excluding hydrogens is 226 g/mol. The largest absolute Gasteiger partial charge is 0.380 e. The molecule has 0 aliphatic carbocycles. The van der Waals surface area contributed by atoms with Crippen LogP contribution in [0.2, 0.25) is 0 Å². The van der Waals surface area contributed by atoms with Crippen LogP contribution in [-0.4, -0.2) is 43.5 Å². The van der Waals surface area contributed by atoms with Gasteiger partial charge in [-0.05, 0) is 38.3 Å². The van der Waals surface area contributed by atoms with Crippen LogP contribution in [0.4, 0.5) is 0 Å². The van der Waals surface area contributed by atoms with Gasteiger partial charge < -0.3 is 9.64 Å². The molecule has 3 heteroatoms. The summed E-state index contributed by atoms with van der Waals surface area (Å²) in [5.74, 6) is 1.47. The minimum atomic E-state index is 0.140. The lowest BCUT2D eigenvalue weighted by Gasteiger charge is -2.27. The van der Waals surface area contributed by atoms with Crippen LogP contribution in [0.15, 0.2) is 0 Å². The van der Waals surface area contributed by atoms with Crippen molar-refractivity contribution in [1.29, 1.82) is 0 Å². The number of carbonyl (C=O) groups is 1. The van der Waals surface area contributed by atoms with Crippen molar-refractivity contribution in [1.82, 2.24) is 4.90 Å². The van der Waals surface area contributed by atoms with Crippen LogP contribution in [0.1, 0.15) is 45.4 Å². The normalized spacial score (nSPS) is 31.3. The number of Topliss-reactive ketones (excluding diaryl/α,β-unsaturated/α-hetero) is 1. The Hall–Kier alpha value is -0.410. The van der Waals surface area contributed by atoms with Gasteiger partial charge in [0.25, 0.3) is 0 Å². The molecule has 2 unspecified atom stereocenters. The van der Waals surface area contributed by atoms with Gasteiger partial charge in [0.1, 0.15) is 5.78 Å². The van der Waals surface area contributed by atoms with Gasteiger partial charge >= 0.3 is 0 Å². The van der Waals surface area contributed by atoms with Crippen molar-refractivity contribution < 1.29 is 9.53 Å². The molecule has 2 aliphatic rings. The molecule has 0 radical (unpaired) electrons. The van der Waals surface area contributed by atoms with Crippen molar-refractivity contribution in [2.24, 2.45) is 11.8 Å². The van der Waals surface area contributed by atoms with Crippen LogP contribution in [0.25, 0.3) is 0 Å². The van der Waals surface area contributed by atoms with Crippen molar-refractivity contribution in [3.05, 3.63) is 0 Å². The second-order valence-corrected chi connectivity index (χ2v) is 5.87. The summed E-state index contributed by atoms with van der Waals surface area (Å²) < 4.78 is 5.44. The van der Waals surface area contributed by atoms with E-state index in [1.807, 2.05) is 0 Å². The molecule has 0 amide bonds. The van der Waals surface area contributed by atoms with Crippen molar-refractivity contribution in [2.75, 3.05) is 32.8 Å². The van der Waals surface area contributed by atoms with Gasteiger partial charge in [0.2, 0.25) is 0 Å². The number of likely N-dealkylation sites (tertiary alicyclic amines) is 1. The van der Waals surface area contributed by atoms with E-state index in [1.165, 1.54) is 45.2 Å². The molecule has 0 bridgehead atoms. The summed E-state index contributed by atoms with van der Waals surface area (Å²) in [5.41, 5.74) is 0. The molecule has 2 heterocycles. The molecule has 0 aromatic rings. The van der Waals surface area contributed by atoms with Crippen molar-refractivity contribution in [3.63, 3.8) is 0 Å². The Balaban J connectivity index is 1.77. The van der Waals surface area contributed by atoms with Crippen LogP contribution in [-0.2, 0) is 9.53 Å². The lowest BCUT2D eigenvalue weighted by Crippen LogP contribution is -2.39. The van der Waals surface area contributed by atoms with Crippen LogP contribution in [0, 0.1) is 11.8 Å². The quantitative estimate of drug-likeness (QED) is 0.771. The van der Waals surface area contributed by atoms with Crippen molar-refractivity contribution >= 4 is 5.78 Å². The van der Waals surface area contributed by atoms with E-state index < -0.39 is 0 Å². The van der Waals surface area contributed by atoms with Gasteiger partial charge in [-0.15, -0.1) is 0 Å². The summed E-state index contributed by atoms with van der Waals surface area (Å²) in [4.78, 5) is 14.3. The lowest BCUT2D eigenvalue weighted by atomic mass is 9.96. The van der Waals surface area contributed by atoms with Crippen LogP contribution < -0.4 is 0 Å². The monoisotopic (exact) mass is 253 g/mol. The van der Waals surface area contributed by atoms with E-state index in [4.69, 9.17) is 4.74 Å². The molecular formula is C15H27NO2. The second-order valence-electron chi connectivity index (χ2n) is 5.87. The molecule has 2 fully saturated rings. The minimum absolute atomic E-state index is 0.140. The summed E-state index contributed by atoms with van der Waals surface area (Å²) in [7, 11) is 0. The van der Waals surface area contributed by atoms with E-state index in [9.17, 15) is 4.79 Å². The topological polar surface area (TPSA) is 29.5 Å². The zero-order valence-corrected chi connectivity index (χ0v) is 11.7. The Morgan fingerprint density at radius 1 is 1.33 bits per heavy atom. The third-order valence-electron chi connectivity index (χ3n) is 4.38. The number of hydrogen-bond acceptors (Lipinski definition) is 3. The maximum atomic E-state index is 11.8. The average molecular weight is 253 g/mol. The third kappa shape index (κ3) is 4.06. The van der Waals surface area contributed by atoms with E-state index >= 15 is 0 Å². The molecule has 0 aromatic heterocycles. The number of ketones is 1. The number of nitrogens with zero attached hydrogens (tertiary/aromatic N) is 1. The summed E-state index contributed by atoms with van der Waals surface area (Å²) in [6.07, 6.45) is 7.29. The highest BCUT2D eigenvalue weighted by atomic mass is 16.5. The average Bonchev–Trinajstić information content (AvgIpc) is 2.59. The smallest absolute Gasteiger partial charge is 0.141 e. The number of rotatable bonds is 4. The van der Waals surface area contributed by atoms with Gasteiger partial charge in [-0.25, -0.2) is 0 Å². The highest BCUT2D eigenvalue weighted by Crippen LogP contribution is 2.23. The SMILES string of the molecule is CCCC1CCCN(CC2COCCC2=O)CC1. The molecule has 2 aliphatic heterocycles. The molecule has 3 nitrogen and oxygen atoms in total. The van der Waals surface area contributed by atoms with E-state index in [0.717, 1.165) is 12.5 Å². The Labute approximate surface area is 111 Å². The maximum Gasteiger partial charge on any atom is 0.141 e. The first kappa shape index (κ1) is 14.0. The third-order valence-corrected chi connectivity index (χ3v) is 4.38. The number of ether oxygens (including phenoxy) is 1. The zero-order chi connectivity index (χ0) is 12.8. The first-order valence-corrected chi connectivity index (χ1v) is 7.62. The molecule has 2 saturated heterocycles. The Morgan fingerprint density at radius 2 is 2.22 bits per heavy atom. The fourth-order valence-corrected chi connectivity index (χ4v) is 3.27. The Bertz CT molecular complexity index is 267. The molecule has 104 valence electrons. The van der Waals surface area contributed by atoms with Crippen molar-refractivity contribution in [3.8, 4) is 0 Å². The van der Waals surface area contributed by atoms with E-state index in [-0.39, 0.29) is 5.92 Å². The fraction of sp³-hybridized carbons (Fsp3) is 0.933. The van der Waals surface area contributed by atoms with Gasteiger partial charge in [0.15, 0.2) is 0 Å². The molecule has 0 spiro atoms. The van der Waals surface area contributed by atoms with Crippen LogP contribution in [0.3, 0.4) is 0 Å². The van der Waals surface area contributed by atoms with Gasteiger partial charge in [-0.3, -0.25) is 4.79 Å². The first-order valence-electron chi connectivity index (χ1n) is 7.62. The van der Waals surface area contributed by atoms with Gasteiger partial charge in [0, 0.05) is 13.0 Å². The maximum absolute atomic E-state index is 11.8. The highest BCUT2D eigenvalue weighted by Gasteiger charge is 2.26. The fourth-order valence-electron chi connectivity index (χ4n) is 3.27. The van der Waals surface area contributed by atoms with Gasteiger partial charge in [-0.1, -0.05) is 19.8 Å². The highest BCUT2D eigenvalue weighted by molar-refractivity contribution is 5.82. The molecule has 18 heavy (non-hydrogen) atoms. The van der Waals surface area contributed by atoms with E-state index in [0.29, 0.717) is 25.4 Å². The first-order chi connectivity index (χ1) is 8.79. The molecule has 2 atom stereocenters.